The molecule has 6 nitrogen and oxygen atoms in total. The van der Waals surface area contributed by atoms with Crippen LogP contribution in [0.3, 0.4) is 0 Å². The quantitative estimate of drug-likeness (QED) is 0.589. The Bertz CT molecular complexity index is 1120. The van der Waals surface area contributed by atoms with Gasteiger partial charge >= 0.3 is 0 Å². The lowest BCUT2D eigenvalue weighted by Gasteiger charge is -2.34. The number of hydrogen-bond acceptors (Lipinski definition) is 3. The van der Waals surface area contributed by atoms with E-state index in [9.17, 15) is 0 Å². The van der Waals surface area contributed by atoms with Gasteiger partial charge in [-0.2, -0.15) is 0 Å². The largest absolute Gasteiger partial charge is 0.356 e. The lowest BCUT2D eigenvalue weighted by Crippen LogP contribution is -2.37. The monoisotopic (exact) mass is 360 g/mol. The highest BCUT2D eigenvalue weighted by atomic mass is 15.2. The van der Waals surface area contributed by atoms with Gasteiger partial charge < -0.3 is 14.5 Å². The molecule has 138 valence electrons. The molecule has 2 N–H and O–H groups in total. The normalized spacial score (nSPS) is 17.5. The van der Waals surface area contributed by atoms with Crippen molar-refractivity contribution in [2.45, 2.75) is 32.9 Å². The number of nitrogens with zero attached hydrogens (tertiary/aromatic N) is 4. The summed E-state index contributed by atoms with van der Waals surface area (Å²) < 4.78 is 2.10. The molecule has 0 saturated carbocycles. The van der Waals surface area contributed by atoms with Crippen LogP contribution < -0.4 is 0 Å². The molecular weight excluding hydrogens is 336 g/mol. The second-order valence-electron chi connectivity index (χ2n) is 7.50. The topological polar surface area (TPSA) is 65.5 Å². The average Bonchev–Trinajstić information content (AvgIpc) is 3.36. The number of benzene rings is 1. The van der Waals surface area contributed by atoms with E-state index in [-0.39, 0.29) is 6.04 Å². The molecule has 1 aromatic carbocycles. The summed E-state index contributed by atoms with van der Waals surface area (Å²) in [4.78, 5) is 18.8. The number of aryl methyl sites for hydroxylation is 3. The van der Waals surface area contributed by atoms with E-state index in [2.05, 4.69) is 63.5 Å². The van der Waals surface area contributed by atoms with Crippen molar-refractivity contribution in [3.63, 3.8) is 0 Å². The van der Waals surface area contributed by atoms with Gasteiger partial charge in [-0.3, -0.25) is 4.90 Å². The van der Waals surface area contributed by atoms with Crippen LogP contribution in [0.4, 0.5) is 0 Å². The smallest absolute Gasteiger partial charge is 0.122 e. The van der Waals surface area contributed by atoms with E-state index >= 15 is 0 Å². The first-order valence-corrected chi connectivity index (χ1v) is 9.43. The van der Waals surface area contributed by atoms with E-state index in [4.69, 9.17) is 4.98 Å². The Kier molecular flexibility index (Phi) is 3.68. The van der Waals surface area contributed by atoms with Crippen LogP contribution in [0, 0.1) is 13.8 Å². The van der Waals surface area contributed by atoms with E-state index in [0.717, 1.165) is 31.0 Å². The number of nitrogens with one attached hydrogen (secondary N) is 2. The predicted molar refractivity (Wildman–Crippen MR) is 106 cm³/mol. The summed E-state index contributed by atoms with van der Waals surface area (Å²) in [5.74, 6) is 1.07. The number of imidazole rings is 2. The Morgan fingerprint density at radius 1 is 1.22 bits per heavy atom. The molecule has 1 unspecified atom stereocenters. The first-order valence-electron chi connectivity index (χ1n) is 9.43. The third-order valence-electron chi connectivity index (χ3n) is 5.90. The molecule has 1 aliphatic rings. The van der Waals surface area contributed by atoms with Crippen molar-refractivity contribution in [1.29, 1.82) is 0 Å². The fourth-order valence-corrected chi connectivity index (χ4v) is 4.34. The van der Waals surface area contributed by atoms with Crippen molar-refractivity contribution in [2.24, 2.45) is 7.05 Å². The molecule has 4 aromatic rings. The zero-order chi connectivity index (χ0) is 18.5. The van der Waals surface area contributed by atoms with Crippen molar-refractivity contribution in [3.05, 3.63) is 71.0 Å². The van der Waals surface area contributed by atoms with Crippen LogP contribution in [0.15, 0.2) is 36.9 Å². The summed E-state index contributed by atoms with van der Waals surface area (Å²) in [7, 11) is 2.05. The molecule has 1 atom stereocenters. The van der Waals surface area contributed by atoms with Crippen LogP contribution >= 0.6 is 0 Å². The number of aromatic amines is 2. The van der Waals surface area contributed by atoms with E-state index in [0.29, 0.717) is 0 Å². The summed E-state index contributed by atoms with van der Waals surface area (Å²) in [6.45, 7) is 6.15. The fraction of sp³-hybridized carbons (Fsp3) is 0.333. The van der Waals surface area contributed by atoms with E-state index < -0.39 is 0 Å². The molecule has 0 amide bonds. The second kappa shape index (κ2) is 6.09. The molecule has 0 spiro atoms. The van der Waals surface area contributed by atoms with Crippen molar-refractivity contribution in [1.82, 2.24) is 29.4 Å². The Hall–Kier alpha value is -2.86. The summed E-state index contributed by atoms with van der Waals surface area (Å²) in [6, 6.07) is 6.60. The molecule has 1 aliphatic heterocycles. The van der Waals surface area contributed by atoms with E-state index in [1.807, 2.05) is 18.7 Å². The first kappa shape index (κ1) is 16.3. The van der Waals surface area contributed by atoms with Gasteiger partial charge in [0, 0.05) is 54.7 Å². The maximum absolute atomic E-state index is 4.71. The SMILES string of the molecule is Cc1c(C2c3nc[nH]c3CCN2Cc2nccn2C)[nH]c2c(C)cccc12. The van der Waals surface area contributed by atoms with Crippen molar-refractivity contribution in [2.75, 3.05) is 6.54 Å². The molecule has 4 heterocycles. The van der Waals surface area contributed by atoms with Gasteiger partial charge in [-0.1, -0.05) is 18.2 Å². The standard InChI is InChI=1S/C21H24N6/c1-13-5-4-6-15-14(2)19(25-18(13)15)21-20-16(23-12-24-20)7-9-27(21)11-17-22-8-10-26(17)3/h4-6,8,10,12,21,25H,7,9,11H2,1-3H3,(H,23,24). The number of hydrogen-bond donors (Lipinski definition) is 2. The number of para-hydroxylation sites is 1. The Morgan fingerprint density at radius 2 is 2.11 bits per heavy atom. The summed E-state index contributed by atoms with van der Waals surface area (Å²) in [5, 5.41) is 1.30. The Balaban J connectivity index is 1.65. The predicted octanol–water partition coefficient (Wildman–Crippen LogP) is 3.39. The first-order chi connectivity index (χ1) is 13.1. The molecule has 5 rings (SSSR count). The van der Waals surface area contributed by atoms with Gasteiger partial charge in [0.1, 0.15) is 5.82 Å². The molecule has 27 heavy (non-hydrogen) atoms. The second-order valence-corrected chi connectivity index (χ2v) is 7.50. The molecule has 0 fully saturated rings. The van der Waals surface area contributed by atoms with Gasteiger partial charge in [0.2, 0.25) is 0 Å². The van der Waals surface area contributed by atoms with Crippen LogP contribution in [-0.2, 0) is 20.0 Å². The molecule has 3 aromatic heterocycles. The van der Waals surface area contributed by atoms with Crippen LogP contribution in [0.5, 0.6) is 0 Å². The van der Waals surface area contributed by atoms with E-state index in [1.54, 1.807) is 0 Å². The molecule has 0 aliphatic carbocycles. The van der Waals surface area contributed by atoms with Crippen molar-refractivity contribution >= 4 is 10.9 Å². The van der Waals surface area contributed by atoms with Crippen LogP contribution in [0.2, 0.25) is 0 Å². The van der Waals surface area contributed by atoms with Gasteiger partial charge in [-0.15, -0.1) is 0 Å². The molecule has 0 radical (unpaired) electrons. The average molecular weight is 360 g/mol. The van der Waals surface area contributed by atoms with Gasteiger partial charge in [-0.05, 0) is 25.0 Å². The van der Waals surface area contributed by atoms with Gasteiger partial charge in [0.15, 0.2) is 0 Å². The van der Waals surface area contributed by atoms with Crippen molar-refractivity contribution in [3.8, 4) is 0 Å². The van der Waals surface area contributed by atoms with Crippen molar-refractivity contribution < 1.29 is 0 Å². The Morgan fingerprint density at radius 3 is 2.89 bits per heavy atom. The fourth-order valence-electron chi connectivity index (χ4n) is 4.34. The maximum Gasteiger partial charge on any atom is 0.122 e. The zero-order valence-corrected chi connectivity index (χ0v) is 16.0. The summed E-state index contributed by atoms with van der Waals surface area (Å²) in [6.07, 6.45) is 6.68. The lowest BCUT2D eigenvalue weighted by molar-refractivity contribution is 0.190. The molecule has 0 saturated heterocycles. The number of H-pyrrole nitrogens is 2. The maximum atomic E-state index is 4.71. The van der Waals surface area contributed by atoms with Crippen LogP contribution in [-0.4, -0.2) is 35.9 Å². The molecule has 0 bridgehead atoms. The molecular formula is C21H24N6. The highest BCUT2D eigenvalue weighted by Gasteiger charge is 2.34. The minimum absolute atomic E-state index is 0.100. The Labute approximate surface area is 158 Å². The molecule has 6 heteroatoms. The number of aromatic nitrogens is 5. The van der Waals surface area contributed by atoms with Gasteiger partial charge in [0.05, 0.1) is 24.6 Å². The zero-order valence-electron chi connectivity index (χ0n) is 16.0. The highest BCUT2D eigenvalue weighted by molar-refractivity contribution is 5.87. The summed E-state index contributed by atoms with van der Waals surface area (Å²) in [5.41, 5.74) is 7.41. The lowest BCUT2D eigenvalue weighted by atomic mass is 9.97. The highest BCUT2D eigenvalue weighted by Crippen LogP contribution is 2.38. The van der Waals surface area contributed by atoms with Crippen LogP contribution in [0.1, 0.15) is 40.1 Å². The number of fused-ring (bicyclic) bond motifs is 2. The minimum atomic E-state index is 0.100. The third kappa shape index (κ3) is 2.51. The minimum Gasteiger partial charge on any atom is -0.356 e. The van der Waals surface area contributed by atoms with E-state index in [1.165, 1.54) is 33.4 Å². The van der Waals surface area contributed by atoms with Gasteiger partial charge in [-0.25, -0.2) is 9.97 Å². The third-order valence-corrected chi connectivity index (χ3v) is 5.90. The summed E-state index contributed by atoms with van der Waals surface area (Å²) >= 11 is 0. The number of rotatable bonds is 3. The van der Waals surface area contributed by atoms with Crippen LogP contribution in [0.25, 0.3) is 10.9 Å². The van der Waals surface area contributed by atoms with Gasteiger partial charge in [0.25, 0.3) is 0 Å².